The number of aromatic nitrogens is 4. The van der Waals surface area contributed by atoms with Gasteiger partial charge >= 0.3 is 0 Å². The summed E-state index contributed by atoms with van der Waals surface area (Å²) in [5.41, 5.74) is 7.07. The van der Waals surface area contributed by atoms with Crippen molar-refractivity contribution in [1.29, 1.82) is 0 Å². The van der Waals surface area contributed by atoms with Gasteiger partial charge in [0.25, 0.3) is 0 Å². The van der Waals surface area contributed by atoms with Crippen LogP contribution in [0.15, 0.2) is 12.7 Å². The molecule has 2 aromatic rings. The number of nitrogen functional groups attached to an aromatic ring is 1. The molecule has 0 bridgehead atoms. The minimum Gasteiger partial charge on any atom is -0.394 e. The predicted molar refractivity (Wildman–Crippen MR) is 64.7 cm³/mol. The SMILES string of the molecule is Nc1ncnc2c1ncn2C[C@H]1CC[C@@H](CO)O1. The van der Waals surface area contributed by atoms with Crippen LogP contribution in [0.25, 0.3) is 11.2 Å². The number of nitrogens with two attached hydrogens (primary N) is 1. The molecule has 1 aliphatic rings. The Morgan fingerprint density at radius 1 is 1.33 bits per heavy atom. The Hall–Kier alpha value is -1.73. The molecular formula is C11H15N5O2. The van der Waals surface area contributed by atoms with E-state index in [1.54, 1.807) is 6.33 Å². The first kappa shape index (κ1) is 11.4. The first-order valence-electron chi connectivity index (χ1n) is 5.95. The molecular weight excluding hydrogens is 234 g/mol. The maximum Gasteiger partial charge on any atom is 0.165 e. The molecule has 0 amide bonds. The van der Waals surface area contributed by atoms with E-state index in [2.05, 4.69) is 15.0 Å². The Bertz CT molecular complexity index is 555. The predicted octanol–water partition coefficient (Wildman–Crippen LogP) is -0.0516. The number of aliphatic hydroxyl groups is 1. The molecule has 0 spiro atoms. The lowest BCUT2D eigenvalue weighted by Gasteiger charge is -2.12. The van der Waals surface area contributed by atoms with Gasteiger partial charge in [-0.15, -0.1) is 0 Å². The lowest BCUT2D eigenvalue weighted by molar-refractivity contribution is 0.00537. The zero-order chi connectivity index (χ0) is 12.5. The van der Waals surface area contributed by atoms with Gasteiger partial charge in [0, 0.05) is 0 Å². The van der Waals surface area contributed by atoms with Gasteiger partial charge in [-0.3, -0.25) is 0 Å². The van der Waals surface area contributed by atoms with Crippen molar-refractivity contribution in [3.05, 3.63) is 12.7 Å². The van der Waals surface area contributed by atoms with Gasteiger partial charge in [0.15, 0.2) is 11.5 Å². The number of fused-ring (bicyclic) bond motifs is 1. The molecule has 0 aromatic carbocycles. The van der Waals surface area contributed by atoms with Gasteiger partial charge < -0.3 is 20.1 Å². The zero-order valence-corrected chi connectivity index (χ0v) is 9.86. The first-order valence-corrected chi connectivity index (χ1v) is 5.95. The fourth-order valence-corrected chi connectivity index (χ4v) is 2.30. The molecule has 0 saturated carbocycles. The number of anilines is 1. The fraction of sp³-hybridized carbons (Fsp3) is 0.545. The highest BCUT2D eigenvalue weighted by molar-refractivity contribution is 5.81. The number of nitrogens with zero attached hydrogens (tertiary/aromatic N) is 4. The number of hydrogen-bond donors (Lipinski definition) is 2. The second kappa shape index (κ2) is 4.51. The van der Waals surface area contributed by atoms with Crippen LogP contribution < -0.4 is 5.73 Å². The standard InChI is InChI=1S/C11H15N5O2/c12-10-9-11(14-5-13-10)16(6-15-9)3-7-1-2-8(4-17)18-7/h5-8,17H,1-4H2,(H2,12,13,14)/t7-,8+/m1/s1. The third kappa shape index (κ3) is 1.91. The number of hydrogen-bond acceptors (Lipinski definition) is 6. The second-order valence-corrected chi connectivity index (χ2v) is 4.47. The Balaban J connectivity index is 1.81. The molecule has 7 nitrogen and oxygen atoms in total. The number of rotatable bonds is 3. The zero-order valence-electron chi connectivity index (χ0n) is 9.86. The molecule has 3 rings (SSSR count). The molecule has 2 aromatic heterocycles. The van der Waals surface area contributed by atoms with Crippen molar-refractivity contribution in [1.82, 2.24) is 19.5 Å². The van der Waals surface area contributed by atoms with Gasteiger partial charge in [-0.25, -0.2) is 15.0 Å². The van der Waals surface area contributed by atoms with Crippen molar-refractivity contribution in [3.63, 3.8) is 0 Å². The molecule has 7 heteroatoms. The van der Waals surface area contributed by atoms with Crippen molar-refractivity contribution in [2.45, 2.75) is 31.6 Å². The number of ether oxygens (including phenoxy) is 1. The smallest absolute Gasteiger partial charge is 0.165 e. The van der Waals surface area contributed by atoms with Crippen molar-refractivity contribution < 1.29 is 9.84 Å². The molecule has 1 aliphatic heterocycles. The molecule has 1 fully saturated rings. The van der Waals surface area contributed by atoms with E-state index in [0.29, 0.717) is 17.9 Å². The van der Waals surface area contributed by atoms with E-state index in [4.69, 9.17) is 15.6 Å². The van der Waals surface area contributed by atoms with Crippen LogP contribution in [0.2, 0.25) is 0 Å². The Kier molecular flexibility index (Phi) is 2.85. The van der Waals surface area contributed by atoms with Gasteiger partial charge in [0.1, 0.15) is 11.8 Å². The molecule has 3 N–H and O–H groups in total. The molecule has 1 saturated heterocycles. The quantitative estimate of drug-likeness (QED) is 0.791. The second-order valence-electron chi connectivity index (χ2n) is 4.47. The maximum absolute atomic E-state index is 9.04. The average Bonchev–Trinajstić information content (AvgIpc) is 2.98. The van der Waals surface area contributed by atoms with Crippen LogP contribution in [-0.4, -0.2) is 43.4 Å². The van der Waals surface area contributed by atoms with Crippen LogP contribution in [0, 0.1) is 0 Å². The highest BCUT2D eigenvalue weighted by Crippen LogP contribution is 2.22. The summed E-state index contributed by atoms with van der Waals surface area (Å²) >= 11 is 0. The van der Waals surface area contributed by atoms with Crippen LogP contribution >= 0.6 is 0 Å². The van der Waals surface area contributed by atoms with E-state index in [-0.39, 0.29) is 18.8 Å². The minimum atomic E-state index is -0.0375. The Labute approximate surface area is 104 Å². The summed E-state index contributed by atoms with van der Waals surface area (Å²) in [6, 6.07) is 0. The van der Waals surface area contributed by atoms with Crippen molar-refractivity contribution in [2.75, 3.05) is 12.3 Å². The normalized spacial score (nSPS) is 23.8. The number of aliphatic hydroxyl groups excluding tert-OH is 1. The summed E-state index contributed by atoms with van der Waals surface area (Å²) in [6.07, 6.45) is 5.02. The molecule has 0 aliphatic carbocycles. The van der Waals surface area contributed by atoms with Crippen molar-refractivity contribution in [2.24, 2.45) is 0 Å². The molecule has 18 heavy (non-hydrogen) atoms. The van der Waals surface area contributed by atoms with Gasteiger partial charge in [-0.1, -0.05) is 0 Å². The van der Waals surface area contributed by atoms with Gasteiger partial charge in [-0.05, 0) is 12.8 Å². The van der Waals surface area contributed by atoms with E-state index in [0.717, 1.165) is 18.5 Å². The van der Waals surface area contributed by atoms with Gasteiger partial charge in [-0.2, -0.15) is 0 Å². The van der Waals surface area contributed by atoms with Crippen LogP contribution in [0.4, 0.5) is 5.82 Å². The van der Waals surface area contributed by atoms with Gasteiger partial charge in [0.05, 0.1) is 31.7 Å². The summed E-state index contributed by atoms with van der Waals surface area (Å²) in [4.78, 5) is 12.3. The lowest BCUT2D eigenvalue weighted by Crippen LogP contribution is -2.19. The van der Waals surface area contributed by atoms with Crippen LogP contribution in [0.3, 0.4) is 0 Å². The van der Waals surface area contributed by atoms with Crippen molar-refractivity contribution >= 4 is 17.0 Å². The van der Waals surface area contributed by atoms with Crippen LogP contribution in [0.1, 0.15) is 12.8 Å². The molecule has 0 unspecified atom stereocenters. The highest BCUT2D eigenvalue weighted by Gasteiger charge is 2.25. The van der Waals surface area contributed by atoms with Gasteiger partial charge in [0.2, 0.25) is 0 Å². The fourth-order valence-electron chi connectivity index (χ4n) is 2.30. The average molecular weight is 249 g/mol. The van der Waals surface area contributed by atoms with Crippen LogP contribution in [-0.2, 0) is 11.3 Å². The summed E-state index contributed by atoms with van der Waals surface area (Å²) in [5.74, 6) is 0.388. The topological polar surface area (TPSA) is 99.1 Å². The van der Waals surface area contributed by atoms with E-state index in [1.807, 2.05) is 4.57 Å². The largest absolute Gasteiger partial charge is 0.394 e. The third-order valence-corrected chi connectivity index (χ3v) is 3.23. The highest BCUT2D eigenvalue weighted by atomic mass is 16.5. The molecule has 0 radical (unpaired) electrons. The molecule has 96 valence electrons. The van der Waals surface area contributed by atoms with E-state index in [9.17, 15) is 0 Å². The van der Waals surface area contributed by atoms with E-state index < -0.39 is 0 Å². The third-order valence-electron chi connectivity index (χ3n) is 3.23. The van der Waals surface area contributed by atoms with E-state index in [1.165, 1.54) is 6.33 Å². The minimum absolute atomic E-state index is 0.0375. The molecule has 3 heterocycles. The summed E-state index contributed by atoms with van der Waals surface area (Å²) in [7, 11) is 0. The monoisotopic (exact) mass is 249 g/mol. The van der Waals surface area contributed by atoms with E-state index >= 15 is 0 Å². The summed E-state index contributed by atoms with van der Waals surface area (Å²) in [5, 5.41) is 9.04. The Morgan fingerprint density at radius 2 is 2.17 bits per heavy atom. The maximum atomic E-state index is 9.04. The molecule has 2 atom stereocenters. The Morgan fingerprint density at radius 3 is 2.94 bits per heavy atom. The first-order chi connectivity index (χ1) is 8.78. The van der Waals surface area contributed by atoms with Crippen LogP contribution in [0.5, 0.6) is 0 Å². The summed E-state index contributed by atoms with van der Waals surface area (Å²) < 4.78 is 7.60. The summed E-state index contributed by atoms with van der Waals surface area (Å²) in [6.45, 7) is 0.750. The lowest BCUT2D eigenvalue weighted by atomic mass is 10.2. The number of imidazole rings is 1. The van der Waals surface area contributed by atoms with Crippen molar-refractivity contribution in [3.8, 4) is 0 Å².